The standard InChI is InChI=1S/C14H13ClINOS/c1-2-17(9-11-4-3-7-19-11)14(18)10-5-6-13(16)12(15)8-10/h3-8H,2,9H2,1H3. The van der Waals surface area contributed by atoms with Crippen LogP contribution in [0.1, 0.15) is 22.2 Å². The Morgan fingerprint density at radius 3 is 2.79 bits per heavy atom. The molecular weight excluding hydrogens is 393 g/mol. The fraction of sp³-hybridized carbons (Fsp3) is 0.214. The molecule has 0 bridgehead atoms. The summed E-state index contributed by atoms with van der Waals surface area (Å²) in [6.45, 7) is 3.32. The van der Waals surface area contributed by atoms with E-state index in [2.05, 4.69) is 22.6 Å². The van der Waals surface area contributed by atoms with Crippen LogP contribution in [0.3, 0.4) is 0 Å². The van der Waals surface area contributed by atoms with Gasteiger partial charge >= 0.3 is 0 Å². The van der Waals surface area contributed by atoms with Crippen molar-refractivity contribution in [1.29, 1.82) is 0 Å². The summed E-state index contributed by atoms with van der Waals surface area (Å²) in [6.07, 6.45) is 0. The average molecular weight is 406 g/mol. The Labute approximate surface area is 135 Å². The van der Waals surface area contributed by atoms with Crippen LogP contribution in [-0.2, 0) is 6.54 Å². The first-order chi connectivity index (χ1) is 9.11. The highest BCUT2D eigenvalue weighted by atomic mass is 127. The zero-order valence-corrected chi connectivity index (χ0v) is 14.1. The summed E-state index contributed by atoms with van der Waals surface area (Å²) < 4.78 is 0.956. The molecule has 0 aliphatic heterocycles. The molecule has 0 aliphatic carbocycles. The van der Waals surface area contributed by atoms with Crippen molar-refractivity contribution in [2.24, 2.45) is 0 Å². The molecule has 0 radical (unpaired) electrons. The maximum absolute atomic E-state index is 12.4. The van der Waals surface area contributed by atoms with E-state index in [1.54, 1.807) is 17.4 Å². The second kappa shape index (κ2) is 6.72. The first-order valence-corrected chi connectivity index (χ1v) is 8.22. The highest BCUT2D eigenvalue weighted by Gasteiger charge is 2.15. The Bertz CT molecular complexity index is 571. The van der Waals surface area contributed by atoms with Crippen molar-refractivity contribution < 1.29 is 4.79 Å². The minimum absolute atomic E-state index is 0.0224. The summed E-state index contributed by atoms with van der Waals surface area (Å²) in [6, 6.07) is 9.48. The smallest absolute Gasteiger partial charge is 0.254 e. The summed E-state index contributed by atoms with van der Waals surface area (Å²) in [5.41, 5.74) is 0.642. The van der Waals surface area contributed by atoms with E-state index in [0.717, 1.165) is 3.57 Å². The van der Waals surface area contributed by atoms with Gasteiger partial charge in [-0.2, -0.15) is 0 Å². The third-order valence-electron chi connectivity index (χ3n) is 2.76. The van der Waals surface area contributed by atoms with E-state index in [1.165, 1.54) is 4.88 Å². The van der Waals surface area contributed by atoms with Crippen molar-refractivity contribution in [3.05, 3.63) is 54.7 Å². The number of halogens is 2. The second-order valence-corrected chi connectivity index (χ2v) is 6.63. The number of nitrogens with zero attached hydrogens (tertiary/aromatic N) is 1. The zero-order valence-electron chi connectivity index (χ0n) is 10.4. The van der Waals surface area contributed by atoms with E-state index in [1.807, 2.05) is 41.5 Å². The molecule has 0 saturated heterocycles. The van der Waals surface area contributed by atoms with Gasteiger partial charge in [-0.1, -0.05) is 17.7 Å². The Morgan fingerprint density at radius 2 is 2.21 bits per heavy atom. The molecule has 1 aromatic carbocycles. The molecule has 0 fully saturated rings. The monoisotopic (exact) mass is 405 g/mol. The third kappa shape index (κ3) is 3.70. The lowest BCUT2D eigenvalue weighted by Gasteiger charge is -2.20. The van der Waals surface area contributed by atoms with Crippen LogP contribution in [0.25, 0.3) is 0 Å². The lowest BCUT2D eigenvalue weighted by atomic mass is 10.2. The van der Waals surface area contributed by atoms with Gasteiger partial charge < -0.3 is 4.90 Å². The second-order valence-electron chi connectivity index (χ2n) is 4.03. The summed E-state index contributed by atoms with van der Waals surface area (Å²) in [5, 5.41) is 2.65. The van der Waals surface area contributed by atoms with Crippen LogP contribution in [0, 0.1) is 3.57 Å². The van der Waals surface area contributed by atoms with Gasteiger partial charge in [-0.3, -0.25) is 4.79 Å². The lowest BCUT2D eigenvalue weighted by molar-refractivity contribution is 0.0754. The van der Waals surface area contributed by atoms with E-state index in [4.69, 9.17) is 11.6 Å². The van der Waals surface area contributed by atoms with Gasteiger partial charge in [0, 0.05) is 20.6 Å². The van der Waals surface area contributed by atoms with Gasteiger partial charge in [0.05, 0.1) is 11.6 Å². The van der Waals surface area contributed by atoms with Crippen LogP contribution in [0.4, 0.5) is 0 Å². The Morgan fingerprint density at radius 1 is 1.42 bits per heavy atom. The van der Waals surface area contributed by atoms with Gasteiger partial charge in [-0.05, 0) is 59.2 Å². The van der Waals surface area contributed by atoms with Gasteiger partial charge in [0.25, 0.3) is 5.91 Å². The predicted molar refractivity (Wildman–Crippen MR) is 88.9 cm³/mol. The molecule has 1 aromatic heterocycles. The first kappa shape index (κ1) is 14.8. The van der Waals surface area contributed by atoms with Crippen molar-refractivity contribution in [3.8, 4) is 0 Å². The topological polar surface area (TPSA) is 20.3 Å². The van der Waals surface area contributed by atoms with Crippen LogP contribution in [0.5, 0.6) is 0 Å². The molecule has 2 aromatic rings. The minimum atomic E-state index is 0.0224. The summed E-state index contributed by atoms with van der Waals surface area (Å²) in [4.78, 5) is 15.4. The fourth-order valence-electron chi connectivity index (χ4n) is 1.73. The first-order valence-electron chi connectivity index (χ1n) is 5.88. The van der Waals surface area contributed by atoms with Crippen LogP contribution in [0.15, 0.2) is 35.7 Å². The number of benzene rings is 1. The molecule has 2 rings (SSSR count). The van der Waals surface area contributed by atoms with Crippen molar-refractivity contribution in [2.75, 3.05) is 6.54 Å². The zero-order chi connectivity index (χ0) is 13.8. The maximum atomic E-state index is 12.4. The Kier molecular flexibility index (Phi) is 5.24. The molecule has 1 amide bonds. The number of carbonyl (C=O) groups excluding carboxylic acids is 1. The van der Waals surface area contributed by atoms with Crippen molar-refractivity contribution in [1.82, 2.24) is 4.90 Å². The Balaban J connectivity index is 2.18. The van der Waals surface area contributed by atoms with Crippen molar-refractivity contribution in [3.63, 3.8) is 0 Å². The van der Waals surface area contributed by atoms with E-state index in [-0.39, 0.29) is 5.91 Å². The lowest BCUT2D eigenvalue weighted by Crippen LogP contribution is -2.30. The van der Waals surface area contributed by atoms with Gasteiger partial charge in [-0.15, -0.1) is 11.3 Å². The Hall–Kier alpha value is -0.590. The van der Waals surface area contributed by atoms with Gasteiger partial charge in [-0.25, -0.2) is 0 Å². The molecule has 1 heterocycles. The fourth-order valence-corrected chi connectivity index (χ4v) is 2.97. The largest absolute Gasteiger partial charge is 0.334 e. The van der Waals surface area contributed by atoms with E-state index < -0.39 is 0 Å². The normalized spacial score (nSPS) is 10.5. The molecule has 0 atom stereocenters. The van der Waals surface area contributed by atoms with E-state index >= 15 is 0 Å². The predicted octanol–water partition coefficient (Wildman–Crippen LogP) is 4.67. The number of thiophene rings is 1. The minimum Gasteiger partial charge on any atom is -0.334 e. The highest BCUT2D eigenvalue weighted by Crippen LogP contribution is 2.21. The van der Waals surface area contributed by atoms with E-state index in [9.17, 15) is 4.79 Å². The van der Waals surface area contributed by atoms with Crippen LogP contribution >= 0.6 is 45.5 Å². The van der Waals surface area contributed by atoms with Crippen LogP contribution < -0.4 is 0 Å². The number of hydrogen-bond acceptors (Lipinski definition) is 2. The molecular formula is C14H13ClINOS. The third-order valence-corrected chi connectivity index (χ3v) is 5.20. The van der Waals surface area contributed by atoms with Crippen molar-refractivity contribution in [2.45, 2.75) is 13.5 Å². The maximum Gasteiger partial charge on any atom is 0.254 e. The molecule has 0 saturated carbocycles. The quantitative estimate of drug-likeness (QED) is 0.677. The molecule has 19 heavy (non-hydrogen) atoms. The number of carbonyl (C=O) groups is 1. The number of rotatable bonds is 4. The van der Waals surface area contributed by atoms with Gasteiger partial charge in [0.1, 0.15) is 0 Å². The van der Waals surface area contributed by atoms with Crippen LogP contribution in [0.2, 0.25) is 5.02 Å². The summed E-state index contributed by atoms with van der Waals surface area (Å²) >= 11 is 9.89. The van der Waals surface area contributed by atoms with Gasteiger partial charge in [0.2, 0.25) is 0 Å². The SMILES string of the molecule is CCN(Cc1cccs1)C(=O)c1ccc(I)c(Cl)c1. The molecule has 2 nitrogen and oxygen atoms in total. The summed E-state index contributed by atoms with van der Waals surface area (Å²) in [5.74, 6) is 0.0224. The molecule has 0 spiro atoms. The molecule has 5 heteroatoms. The molecule has 0 aliphatic rings. The van der Waals surface area contributed by atoms with E-state index in [0.29, 0.717) is 23.7 Å². The molecule has 0 unspecified atom stereocenters. The molecule has 100 valence electrons. The average Bonchev–Trinajstić information content (AvgIpc) is 2.91. The summed E-state index contributed by atoms with van der Waals surface area (Å²) in [7, 11) is 0. The number of amides is 1. The number of hydrogen-bond donors (Lipinski definition) is 0. The van der Waals surface area contributed by atoms with Gasteiger partial charge in [0.15, 0.2) is 0 Å². The molecule has 0 N–H and O–H groups in total. The van der Waals surface area contributed by atoms with Crippen molar-refractivity contribution >= 4 is 51.4 Å². The van der Waals surface area contributed by atoms with Crippen LogP contribution in [-0.4, -0.2) is 17.4 Å². The highest BCUT2D eigenvalue weighted by molar-refractivity contribution is 14.1.